The number of nitrogens with zero attached hydrogens (tertiary/aromatic N) is 2. The quantitative estimate of drug-likeness (QED) is 0.826. The van der Waals surface area contributed by atoms with Gasteiger partial charge in [0.15, 0.2) is 0 Å². The van der Waals surface area contributed by atoms with Gasteiger partial charge in [0.2, 0.25) is 5.43 Å². The van der Waals surface area contributed by atoms with E-state index in [1.807, 2.05) is 16.4 Å². The summed E-state index contributed by atoms with van der Waals surface area (Å²) < 4.78 is 17.0. The van der Waals surface area contributed by atoms with E-state index in [0.717, 1.165) is 19.3 Å². The van der Waals surface area contributed by atoms with Gasteiger partial charge in [0, 0.05) is 36.9 Å². The zero-order valence-electron chi connectivity index (χ0n) is 15.8. The molecule has 1 saturated carbocycles. The van der Waals surface area contributed by atoms with Crippen molar-refractivity contribution in [3.8, 4) is 0 Å². The number of halogens is 1. The lowest BCUT2D eigenvalue weighted by Gasteiger charge is -2.25. The van der Waals surface area contributed by atoms with Crippen LogP contribution in [-0.4, -0.2) is 34.8 Å². The number of aromatic carboxylic acids is 1. The molecule has 1 aromatic heterocycles. The first kappa shape index (κ1) is 18.7. The topological polar surface area (TPSA) is 88.6 Å². The molecule has 6 nitrogen and oxygen atoms in total. The minimum absolute atomic E-state index is 0.0171. The molecule has 1 aliphatic heterocycles. The van der Waals surface area contributed by atoms with Crippen LogP contribution in [-0.2, 0) is 0 Å². The summed E-state index contributed by atoms with van der Waals surface area (Å²) in [5.74, 6) is -1.56. The van der Waals surface area contributed by atoms with Gasteiger partial charge in [-0.3, -0.25) is 4.79 Å². The number of rotatable bonds is 5. The number of benzene rings is 1. The van der Waals surface area contributed by atoms with Crippen LogP contribution in [0.1, 0.15) is 48.1 Å². The number of nitrogens with two attached hydrogens (primary N) is 1. The van der Waals surface area contributed by atoms with E-state index in [0.29, 0.717) is 29.9 Å². The molecule has 4 rings (SSSR count). The Bertz CT molecular complexity index is 1040. The highest BCUT2D eigenvalue weighted by atomic mass is 19.1. The number of pyridine rings is 1. The average Bonchev–Trinajstić information content (AvgIpc) is 3.37. The summed E-state index contributed by atoms with van der Waals surface area (Å²) >= 11 is 0. The number of carboxylic acid groups (broad SMARTS) is 1. The van der Waals surface area contributed by atoms with Crippen molar-refractivity contribution in [3.05, 3.63) is 46.0 Å². The smallest absolute Gasteiger partial charge is 0.341 e. The van der Waals surface area contributed by atoms with Crippen LogP contribution in [0.25, 0.3) is 17.0 Å². The van der Waals surface area contributed by atoms with E-state index in [1.54, 1.807) is 6.08 Å². The molecule has 2 atom stereocenters. The van der Waals surface area contributed by atoms with Gasteiger partial charge in [0.25, 0.3) is 0 Å². The standard InChI is InChI=1S/C21H24FN3O3/c1-3-14-18-15(20(26)16(21(27)28)10-25(18)13-4-5-13)8-17(22)19(14)24-7-6-12(9-24)11(2)23/h3,8,10-13H,1,4-7,9,23H2,2H3,(H,27,28). The molecule has 1 aromatic carbocycles. The second-order valence-corrected chi connectivity index (χ2v) is 7.89. The van der Waals surface area contributed by atoms with Crippen LogP contribution in [0.15, 0.2) is 23.6 Å². The Kier molecular flexibility index (Phi) is 4.50. The summed E-state index contributed by atoms with van der Waals surface area (Å²) in [4.78, 5) is 26.2. The maximum absolute atomic E-state index is 15.2. The predicted molar refractivity (Wildman–Crippen MR) is 107 cm³/mol. The number of carboxylic acids is 1. The molecule has 2 aliphatic rings. The molecule has 7 heteroatoms. The van der Waals surface area contributed by atoms with Crippen molar-refractivity contribution >= 4 is 28.6 Å². The van der Waals surface area contributed by atoms with Crippen molar-refractivity contribution in [1.29, 1.82) is 0 Å². The van der Waals surface area contributed by atoms with Crippen molar-refractivity contribution in [1.82, 2.24) is 4.57 Å². The van der Waals surface area contributed by atoms with Gasteiger partial charge in [-0.2, -0.15) is 0 Å². The van der Waals surface area contributed by atoms with E-state index in [-0.39, 0.29) is 29.0 Å². The largest absolute Gasteiger partial charge is 0.477 e. The van der Waals surface area contributed by atoms with Crippen molar-refractivity contribution < 1.29 is 14.3 Å². The van der Waals surface area contributed by atoms with E-state index >= 15 is 4.39 Å². The third-order valence-electron chi connectivity index (χ3n) is 5.94. The van der Waals surface area contributed by atoms with E-state index in [2.05, 4.69) is 6.58 Å². The van der Waals surface area contributed by atoms with Crippen molar-refractivity contribution in [2.45, 2.75) is 38.3 Å². The number of aromatic nitrogens is 1. The average molecular weight is 385 g/mol. The lowest BCUT2D eigenvalue weighted by Crippen LogP contribution is -2.30. The fraction of sp³-hybridized carbons (Fsp3) is 0.429. The summed E-state index contributed by atoms with van der Waals surface area (Å²) in [7, 11) is 0. The maximum Gasteiger partial charge on any atom is 0.341 e. The van der Waals surface area contributed by atoms with Gasteiger partial charge < -0.3 is 20.3 Å². The van der Waals surface area contributed by atoms with Crippen LogP contribution in [0.2, 0.25) is 0 Å². The normalized spacial score (nSPS) is 20.5. The van der Waals surface area contributed by atoms with Gasteiger partial charge in [-0.1, -0.05) is 12.7 Å². The number of fused-ring (bicyclic) bond motifs is 1. The molecule has 1 saturated heterocycles. The number of anilines is 1. The van der Waals surface area contributed by atoms with Crippen LogP contribution >= 0.6 is 0 Å². The first-order valence-corrected chi connectivity index (χ1v) is 9.61. The van der Waals surface area contributed by atoms with Gasteiger partial charge in [-0.05, 0) is 38.2 Å². The molecule has 3 N–H and O–H groups in total. The summed E-state index contributed by atoms with van der Waals surface area (Å²) in [6.45, 7) is 7.14. The third kappa shape index (κ3) is 2.90. The highest BCUT2D eigenvalue weighted by molar-refractivity contribution is 5.98. The highest BCUT2D eigenvalue weighted by Gasteiger charge is 2.32. The van der Waals surface area contributed by atoms with Crippen LogP contribution in [0.3, 0.4) is 0 Å². The number of hydrogen-bond acceptors (Lipinski definition) is 4. The Morgan fingerprint density at radius 3 is 2.68 bits per heavy atom. The molecule has 28 heavy (non-hydrogen) atoms. The second-order valence-electron chi connectivity index (χ2n) is 7.89. The lowest BCUT2D eigenvalue weighted by molar-refractivity contribution is 0.0695. The van der Waals surface area contributed by atoms with Gasteiger partial charge in [-0.25, -0.2) is 9.18 Å². The van der Waals surface area contributed by atoms with Crippen LogP contribution < -0.4 is 16.1 Å². The molecule has 0 bridgehead atoms. The fourth-order valence-electron chi connectivity index (χ4n) is 4.24. The lowest BCUT2D eigenvalue weighted by atomic mass is 10.0. The van der Waals surface area contributed by atoms with Crippen molar-refractivity contribution in [3.63, 3.8) is 0 Å². The SMILES string of the molecule is C=Cc1c(N2CCC(C(C)N)C2)c(F)cc2c(=O)c(C(=O)O)cn(C3CC3)c12. The minimum atomic E-state index is -1.30. The van der Waals surface area contributed by atoms with Crippen molar-refractivity contribution in [2.24, 2.45) is 11.7 Å². The Balaban J connectivity index is 1.99. The molecule has 2 unspecified atom stereocenters. The molecule has 2 heterocycles. The Labute approximate surface area is 162 Å². The first-order valence-electron chi connectivity index (χ1n) is 9.61. The monoisotopic (exact) mass is 385 g/mol. The summed E-state index contributed by atoms with van der Waals surface area (Å²) in [5, 5.41) is 9.50. The molecule has 0 amide bonds. The van der Waals surface area contributed by atoms with Gasteiger partial charge in [0.05, 0.1) is 16.6 Å². The van der Waals surface area contributed by atoms with Crippen LogP contribution in [0.5, 0.6) is 0 Å². The summed E-state index contributed by atoms with van der Waals surface area (Å²) in [5.41, 5.74) is 6.56. The van der Waals surface area contributed by atoms with Gasteiger partial charge >= 0.3 is 5.97 Å². The first-order chi connectivity index (χ1) is 13.3. The minimum Gasteiger partial charge on any atom is -0.477 e. The van der Waals surface area contributed by atoms with Gasteiger partial charge in [-0.15, -0.1) is 0 Å². The van der Waals surface area contributed by atoms with E-state index in [1.165, 1.54) is 12.3 Å². The zero-order chi connectivity index (χ0) is 20.2. The summed E-state index contributed by atoms with van der Waals surface area (Å²) in [6, 6.07) is 1.32. The van der Waals surface area contributed by atoms with E-state index < -0.39 is 17.2 Å². The number of hydrogen-bond donors (Lipinski definition) is 2. The van der Waals surface area contributed by atoms with Gasteiger partial charge in [0.1, 0.15) is 11.4 Å². The second kappa shape index (κ2) is 6.74. The fourth-order valence-corrected chi connectivity index (χ4v) is 4.24. The Hall–Kier alpha value is -2.67. The summed E-state index contributed by atoms with van der Waals surface area (Å²) in [6.07, 6.45) is 5.64. The molecule has 2 fully saturated rings. The molecule has 148 valence electrons. The van der Waals surface area contributed by atoms with Crippen molar-refractivity contribution in [2.75, 3.05) is 18.0 Å². The van der Waals surface area contributed by atoms with E-state index in [4.69, 9.17) is 5.73 Å². The zero-order valence-corrected chi connectivity index (χ0v) is 15.8. The predicted octanol–water partition coefficient (Wildman–Crippen LogP) is 2.99. The molecular weight excluding hydrogens is 361 g/mol. The van der Waals surface area contributed by atoms with E-state index in [9.17, 15) is 14.7 Å². The molecule has 0 radical (unpaired) electrons. The maximum atomic E-state index is 15.2. The molecule has 0 spiro atoms. The molecular formula is C21H24FN3O3. The van der Waals surface area contributed by atoms with Crippen LogP contribution in [0.4, 0.5) is 10.1 Å². The highest BCUT2D eigenvalue weighted by Crippen LogP contribution is 2.41. The third-order valence-corrected chi connectivity index (χ3v) is 5.94. The number of carbonyl (C=O) groups is 1. The molecule has 1 aliphatic carbocycles. The Morgan fingerprint density at radius 2 is 2.14 bits per heavy atom. The van der Waals surface area contributed by atoms with Crippen LogP contribution in [0, 0.1) is 11.7 Å². The Morgan fingerprint density at radius 1 is 1.43 bits per heavy atom. The molecule has 2 aromatic rings.